The van der Waals surface area contributed by atoms with Crippen molar-refractivity contribution in [1.82, 2.24) is 9.13 Å². The molecule has 2 nitrogen and oxygen atoms in total. The van der Waals surface area contributed by atoms with Crippen molar-refractivity contribution in [2.24, 2.45) is 0 Å². The summed E-state index contributed by atoms with van der Waals surface area (Å²) in [7, 11) is 0. The van der Waals surface area contributed by atoms with Gasteiger partial charge in [0.15, 0.2) is 0 Å². The number of rotatable bonds is 28. The van der Waals surface area contributed by atoms with Crippen LogP contribution in [0.5, 0.6) is 0 Å². The maximum absolute atomic E-state index is 4.49. The van der Waals surface area contributed by atoms with Crippen molar-refractivity contribution in [2.45, 2.75) is 195 Å². The molecular weight excluding hydrogens is 1080 g/mol. The Balaban J connectivity index is 0.976. The predicted octanol–water partition coefficient (Wildman–Crippen LogP) is 23.2. The molecule has 78 heavy (non-hydrogen) atoms. The van der Waals surface area contributed by atoms with E-state index < -0.39 is 0 Å². The average Bonchev–Trinajstić information content (AvgIpc) is 3.98. The molecule has 404 valence electrons. The fraction of sp³-hybridized carbons (Fsp3) is 0.405. The van der Waals surface area contributed by atoms with E-state index in [-0.39, 0.29) is 0 Å². The quantitative estimate of drug-likeness (QED) is 0.0263. The van der Waals surface area contributed by atoms with Gasteiger partial charge >= 0.3 is 0 Å². The number of halogens is 2. The Morgan fingerprint density at radius 2 is 0.705 bits per heavy atom. The van der Waals surface area contributed by atoms with Crippen LogP contribution in [0.15, 0.2) is 130 Å². The van der Waals surface area contributed by atoms with Crippen LogP contribution in [0, 0.1) is 0 Å². The van der Waals surface area contributed by atoms with Crippen molar-refractivity contribution < 1.29 is 0 Å². The molecule has 0 saturated carbocycles. The number of aromatic nitrogens is 2. The standard InChI is InChI=1S/C74H84Br2N2/c1-5-9-13-17-25-51-35-41-66-61(47-51)62-48-52(26-18-14-10-6-2)36-42-67(62)77(66)45-23-33-56-57-39-40-65(75)71-59-31-21-29-55-30-22-32-60(70(55)59)73(72(57)71)74(76)58(56)34-24-46-78-68-43-37-53(27-19-15-11-7-3)49-63(68)64-50-54(38-44-69(64)78)28-20-16-12-8-4/h21-22,29-32,35-44,47-50H,5-20,23-28,33-34,45-46H2,1-4H3. The Hall–Kier alpha value is -5.16. The molecule has 0 amide bonds. The average molecular weight is 1160 g/mol. The van der Waals surface area contributed by atoms with Gasteiger partial charge in [-0.15, -0.1) is 0 Å². The minimum atomic E-state index is 0.970. The van der Waals surface area contributed by atoms with Crippen LogP contribution in [-0.2, 0) is 51.6 Å². The van der Waals surface area contributed by atoms with Gasteiger partial charge in [-0.05, 0) is 213 Å². The Morgan fingerprint density at radius 1 is 0.308 bits per heavy atom. The lowest BCUT2D eigenvalue weighted by Crippen LogP contribution is -2.06. The third-order valence-corrected chi connectivity index (χ3v) is 19.4. The maximum atomic E-state index is 4.49. The van der Waals surface area contributed by atoms with Crippen LogP contribution in [0.3, 0.4) is 0 Å². The SMILES string of the molecule is CCCCCCc1ccc2c(c1)c1cc(CCCCCC)ccc1n2CCCc1c(CCCn2c3ccc(CCCCCC)cc3c3cc(CCCCCC)ccc32)c2ccc(Br)c3c4cccc5cccc(c(c1Br)c23)c54. The molecule has 0 aliphatic carbocycles. The molecule has 0 fully saturated rings. The van der Waals surface area contributed by atoms with Gasteiger partial charge in [-0.2, -0.15) is 0 Å². The van der Waals surface area contributed by atoms with E-state index in [0.717, 1.165) is 64.5 Å². The molecule has 0 spiro atoms. The van der Waals surface area contributed by atoms with E-state index in [1.165, 1.54) is 232 Å². The van der Waals surface area contributed by atoms with Gasteiger partial charge < -0.3 is 9.13 Å². The van der Waals surface area contributed by atoms with Crippen LogP contribution in [0.4, 0.5) is 0 Å². The van der Waals surface area contributed by atoms with Crippen molar-refractivity contribution in [2.75, 3.05) is 0 Å². The summed E-state index contributed by atoms with van der Waals surface area (Å²) in [5.74, 6) is 0. The first-order valence-corrected chi connectivity index (χ1v) is 32.5. The van der Waals surface area contributed by atoms with E-state index in [1.807, 2.05) is 0 Å². The molecule has 9 aromatic carbocycles. The van der Waals surface area contributed by atoms with E-state index in [1.54, 1.807) is 0 Å². The Bertz CT molecular complexity index is 3700. The summed E-state index contributed by atoms with van der Waals surface area (Å²) in [5.41, 5.74) is 14.5. The molecule has 2 heterocycles. The first kappa shape index (κ1) is 54.8. The van der Waals surface area contributed by atoms with E-state index in [2.05, 4.69) is 190 Å². The van der Waals surface area contributed by atoms with E-state index in [0.29, 0.717) is 0 Å². The first-order valence-electron chi connectivity index (χ1n) is 31.0. The van der Waals surface area contributed by atoms with Crippen LogP contribution in [0.2, 0.25) is 0 Å². The van der Waals surface area contributed by atoms with Gasteiger partial charge in [-0.25, -0.2) is 0 Å². The molecular formula is C74H84Br2N2. The van der Waals surface area contributed by atoms with E-state index in [9.17, 15) is 0 Å². The Labute approximate surface area is 482 Å². The number of unbranched alkanes of at least 4 members (excludes halogenated alkanes) is 12. The van der Waals surface area contributed by atoms with Gasteiger partial charge in [-0.3, -0.25) is 0 Å². The number of fused-ring (bicyclic) bond motifs is 8. The molecule has 0 saturated heterocycles. The molecule has 11 aromatic rings. The lowest BCUT2D eigenvalue weighted by Gasteiger charge is -2.23. The highest BCUT2D eigenvalue weighted by Crippen LogP contribution is 2.49. The topological polar surface area (TPSA) is 9.86 Å². The summed E-state index contributed by atoms with van der Waals surface area (Å²) in [6, 6.07) is 48.4. The van der Waals surface area contributed by atoms with E-state index in [4.69, 9.17) is 0 Å². The molecule has 0 N–H and O–H groups in total. The first-order chi connectivity index (χ1) is 38.4. The van der Waals surface area contributed by atoms with Gasteiger partial charge in [0.05, 0.1) is 0 Å². The summed E-state index contributed by atoms with van der Waals surface area (Å²) in [5, 5.41) is 16.6. The second kappa shape index (κ2) is 25.5. The monoisotopic (exact) mass is 1160 g/mol. The van der Waals surface area contributed by atoms with Gasteiger partial charge in [0.1, 0.15) is 0 Å². The molecule has 11 rings (SSSR count). The zero-order valence-electron chi connectivity index (χ0n) is 47.6. The van der Waals surface area contributed by atoms with Crippen molar-refractivity contribution in [3.05, 3.63) is 164 Å². The largest absolute Gasteiger partial charge is 0.340 e. The molecule has 2 aromatic heterocycles. The number of hydrogen-bond donors (Lipinski definition) is 0. The molecule has 0 radical (unpaired) electrons. The lowest BCUT2D eigenvalue weighted by atomic mass is 9.84. The second-order valence-electron chi connectivity index (χ2n) is 23.4. The smallest absolute Gasteiger partial charge is 0.0491 e. The highest BCUT2D eigenvalue weighted by molar-refractivity contribution is 9.11. The zero-order chi connectivity index (χ0) is 53.5. The van der Waals surface area contributed by atoms with Gasteiger partial charge in [0.25, 0.3) is 0 Å². The van der Waals surface area contributed by atoms with Crippen LogP contribution in [0.1, 0.15) is 177 Å². The lowest BCUT2D eigenvalue weighted by molar-refractivity contribution is 0.658. The molecule has 0 bridgehead atoms. The van der Waals surface area contributed by atoms with Crippen molar-refractivity contribution >= 4 is 119 Å². The second-order valence-corrected chi connectivity index (χ2v) is 25.0. The number of nitrogens with zero attached hydrogens (tertiary/aromatic N) is 2. The molecule has 4 heteroatoms. The number of benzene rings is 9. The molecule has 0 atom stereocenters. The van der Waals surface area contributed by atoms with Crippen LogP contribution in [-0.4, -0.2) is 9.13 Å². The van der Waals surface area contributed by atoms with E-state index >= 15 is 0 Å². The normalized spacial score (nSPS) is 12.3. The van der Waals surface area contributed by atoms with Crippen LogP contribution in [0.25, 0.3) is 86.7 Å². The summed E-state index contributed by atoms with van der Waals surface area (Å²) in [4.78, 5) is 0. The van der Waals surface area contributed by atoms with Crippen LogP contribution < -0.4 is 0 Å². The van der Waals surface area contributed by atoms with Crippen molar-refractivity contribution in [1.29, 1.82) is 0 Å². The third-order valence-electron chi connectivity index (χ3n) is 17.9. The summed E-state index contributed by atoms with van der Waals surface area (Å²) >= 11 is 8.63. The van der Waals surface area contributed by atoms with Gasteiger partial charge in [-0.1, -0.05) is 187 Å². The molecule has 0 unspecified atom stereocenters. The fourth-order valence-electron chi connectivity index (χ4n) is 13.8. The summed E-state index contributed by atoms with van der Waals surface area (Å²) in [6.07, 6.45) is 29.4. The number of hydrogen-bond acceptors (Lipinski definition) is 0. The minimum absolute atomic E-state index is 0.970. The highest BCUT2D eigenvalue weighted by Gasteiger charge is 2.24. The van der Waals surface area contributed by atoms with Crippen molar-refractivity contribution in [3.63, 3.8) is 0 Å². The maximum Gasteiger partial charge on any atom is 0.0491 e. The van der Waals surface area contributed by atoms with Gasteiger partial charge in [0, 0.05) is 76.4 Å². The third kappa shape index (κ3) is 11.2. The molecule has 0 aliphatic rings. The summed E-state index contributed by atoms with van der Waals surface area (Å²) in [6.45, 7) is 11.2. The minimum Gasteiger partial charge on any atom is -0.340 e. The Kier molecular flexibility index (Phi) is 17.9. The predicted molar refractivity (Wildman–Crippen MR) is 350 cm³/mol. The van der Waals surface area contributed by atoms with Crippen LogP contribution >= 0.6 is 31.9 Å². The fourth-order valence-corrected chi connectivity index (χ4v) is 15.2. The summed E-state index contributed by atoms with van der Waals surface area (Å²) < 4.78 is 7.80. The highest BCUT2D eigenvalue weighted by atomic mass is 79.9. The van der Waals surface area contributed by atoms with Crippen molar-refractivity contribution in [3.8, 4) is 0 Å². The van der Waals surface area contributed by atoms with Gasteiger partial charge in [0.2, 0.25) is 0 Å². The number of aryl methyl sites for hydroxylation is 7. The Morgan fingerprint density at radius 3 is 1.12 bits per heavy atom. The molecule has 0 aliphatic heterocycles. The zero-order valence-corrected chi connectivity index (χ0v) is 50.8.